The molecule has 2 rings (SSSR count). The van der Waals surface area contributed by atoms with Gasteiger partial charge in [-0.3, -0.25) is 4.79 Å². The number of carbonyl (C=O) groups excluding carboxylic acids is 1. The summed E-state index contributed by atoms with van der Waals surface area (Å²) in [7, 11) is 3.13. The van der Waals surface area contributed by atoms with Crippen molar-refractivity contribution < 1.29 is 19.0 Å². The first kappa shape index (κ1) is 14.1. The first-order valence-corrected chi connectivity index (χ1v) is 6.28. The average molecular weight is 286 g/mol. The highest BCUT2D eigenvalue weighted by Gasteiger charge is 2.29. The second-order valence-corrected chi connectivity index (χ2v) is 4.71. The monoisotopic (exact) mass is 285 g/mol. The molecule has 1 aliphatic heterocycles. The SMILES string of the molecule is COc1cc(Cl)cc(C(=O)N[C@H]2COC[C@@H]2OC)c1. The van der Waals surface area contributed by atoms with Crippen molar-refractivity contribution in [3.8, 4) is 5.75 Å². The maximum atomic E-state index is 12.1. The van der Waals surface area contributed by atoms with Gasteiger partial charge in [-0.2, -0.15) is 0 Å². The van der Waals surface area contributed by atoms with Gasteiger partial charge in [0.05, 0.1) is 26.4 Å². The largest absolute Gasteiger partial charge is 0.497 e. The molecule has 5 nitrogen and oxygen atoms in total. The van der Waals surface area contributed by atoms with Crippen LogP contribution in [0.5, 0.6) is 5.75 Å². The van der Waals surface area contributed by atoms with Crippen LogP contribution in [-0.4, -0.2) is 45.5 Å². The van der Waals surface area contributed by atoms with Crippen molar-refractivity contribution in [2.45, 2.75) is 12.1 Å². The van der Waals surface area contributed by atoms with Crippen LogP contribution in [0.15, 0.2) is 18.2 Å². The Hall–Kier alpha value is -1.30. The summed E-state index contributed by atoms with van der Waals surface area (Å²) in [6.07, 6.45) is -0.120. The lowest BCUT2D eigenvalue weighted by atomic mass is 10.1. The summed E-state index contributed by atoms with van der Waals surface area (Å²) >= 11 is 5.94. The molecule has 6 heteroatoms. The number of rotatable bonds is 4. The summed E-state index contributed by atoms with van der Waals surface area (Å²) in [5, 5.41) is 3.33. The van der Waals surface area contributed by atoms with E-state index in [0.29, 0.717) is 29.5 Å². The van der Waals surface area contributed by atoms with Gasteiger partial charge >= 0.3 is 0 Å². The maximum Gasteiger partial charge on any atom is 0.251 e. The fourth-order valence-corrected chi connectivity index (χ4v) is 2.19. The van der Waals surface area contributed by atoms with E-state index in [4.69, 9.17) is 25.8 Å². The molecule has 19 heavy (non-hydrogen) atoms. The highest BCUT2D eigenvalue weighted by molar-refractivity contribution is 6.31. The van der Waals surface area contributed by atoms with Crippen molar-refractivity contribution in [1.82, 2.24) is 5.32 Å². The number of amides is 1. The van der Waals surface area contributed by atoms with E-state index in [0.717, 1.165) is 0 Å². The molecule has 1 aromatic rings. The number of carbonyl (C=O) groups is 1. The lowest BCUT2D eigenvalue weighted by Gasteiger charge is -2.17. The molecule has 0 bridgehead atoms. The number of ether oxygens (including phenoxy) is 3. The van der Waals surface area contributed by atoms with Crippen molar-refractivity contribution in [1.29, 1.82) is 0 Å². The van der Waals surface area contributed by atoms with E-state index in [1.54, 1.807) is 25.3 Å². The number of hydrogen-bond acceptors (Lipinski definition) is 4. The van der Waals surface area contributed by atoms with Gasteiger partial charge in [-0.25, -0.2) is 0 Å². The Balaban J connectivity index is 2.09. The third-order valence-corrected chi connectivity index (χ3v) is 3.23. The summed E-state index contributed by atoms with van der Waals surface area (Å²) in [6, 6.07) is 4.73. The van der Waals surface area contributed by atoms with Crippen molar-refractivity contribution >= 4 is 17.5 Å². The highest BCUT2D eigenvalue weighted by atomic mass is 35.5. The van der Waals surface area contributed by atoms with Crippen LogP contribution in [0.4, 0.5) is 0 Å². The van der Waals surface area contributed by atoms with E-state index < -0.39 is 0 Å². The zero-order valence-electron chi connectivity index (χ0n) is 10.8. The van der Waals surface area contributed by atoms with Crippen LogP contribution in [0.3, 0.4) is 0 Å². The van der Waals surface area contributed by atoms with E-state index in [-0.39, 0.29) is 18.1 Å². The topological polar surface area (TPSA) is 56.8 Å². The zero-order valence-corrected chi connectivity index (χ0v) is 11.6. The first-order valence-electron chi connectivity index (χ1n) is 5.90. The van der Waals surface area contributed by atoms with Gasteiger partial charge in [0.2, 0.25) is 0 Å². The quantitative estimate of drug-likeness (QED) is 0.911. The molecule has 1 aliphatic rings. The summed E-state index contributed by atoms with van der Waals surface area (Å²) in [6.45, 7) is 0.933. The van der Waals surface area contributed by atoms with Gasteiger partial charge in [-0.05, 0) is 18.2 Å². The van der Waals surface area contributed by atoms with Gasteiger partial charge in [0.1, 0.15) is 11.9 Å². The highest BCUT2D eigenvalue weighted by Crippen LogP contribution is 2.21. The number of methoxy groups -OCH3 is 2. The minimum Gasteiger partial charge on any atom is -0.497 e. The van der Waals surface area contributed by atoms with Gasteiger partial charge in [0.25, 0.3) is 5.91 Å². The van der Waals surface area contributed by atoms with Crippen molar-refractivity contribution in [2.24, 2.45) is 0 Å². The minimum atomic E-state index is -0.224. The fraction of sp³-hybridized carbons (Fsp3) is 0.462. The standard InChI is InChI=1S/C13H16ClNO4/c1-17-10-4-8(3-9(14)5-10)13(16)15-11-6-19-7-12(11)18-2/h3-5,11-12H,6-7H2,1-2H3,(H,15,16)/t11-,12-/m0/s1. The third-order valence-electron chi connectivity index (χ3n) is 3.02. The van der Waals surface area contributed by atoms with E-state index in [1.165, 1.54) is 7.11 Å². The van der Waals surface area contributed by atoms with Crippen LogP contribution >= 0.6 is 11.6 Å². The van der Waals surface area contributed by atoms with Gasteiger partial charge in [-0.1, -0.05) is 11.6 Å². The molecule has 0 aromatic heterocycles. The van der Waals surface area contributed by atoms with Crippen molar-refractivity contribution in [3.05, 3.63) is 28.8 Å². The molecule has 0 radical (unpaired) electrons. The lowest BCUT2D eigenvalue weighted by molar-refractivity contribution is 0.0685. The van der Waals surface area contributed by atoms with Crippen LogP contribution in [0.25, 0.3) is 0 Å². The first-order chi connectivity index (χ1) is 9.13. The lowest BCUT2D eigenvalue weighted by Crippen LogP contribution is -2.43. The molecule has 1 saturated heterocycles. The average Bonchev–Trinajstić information content (AvgIpc) is 2.85. The van der Waals surface area contributed by atoms with Crippen molar-refractivity contribution in [3.63, 3.8) is 0 Å². The maximum absolute atomic E-state index is 12.1. The Kier molecular flexibility index (Phi) is 4.63. The summed E-state index contributed by atoms with van der Waals surface area (Å²) in [5.41, 5.74) is 0.450. The number of benzene rings is 1. The molecule has 0 spiro atoms. The second kappa shape index (κ2) is 6.23. The smallest absolute Gasteiger partial charge is 0.251 e. The van der Waals surface area contributed by atoms with Crippen LogP contribution in [0.1, 0.15) is 10.4 Å². The van der Waals surface area contributed by atoms with Gasteiger partial charge in [-0.15, -0.1) is 0 Å². The Morgan fingerprint density at radius 3 is 2.84 bits per heavy atom. The molecule has 0 unspecified atom stereocenters. The van der Waals surface area contributed by atoms with E-state index in [1.807, 2.05) is 0 Å². The Morgan fingerprint density at radius 2 is 2.16 bits per heavy atom. The van der Waals surface area contributed by atoms with Crippen LogP contribution in [-0.2, 0) is 9.47 Å². The Morgan fingerprint density at radius 1 is 1.37 bits per heavy atom. The second-order valence-electron chi connectivity index (χ2n) is 4.27. The Bertz CT molecular complexity index is 466. The summed E-state index contributed by atoms with van der Waals surface area (Å²) in [5.74, 6) is 0.321. The number of nitrogens with one attached hydrogen (secondary N) is 1. The molecule has 1 heterocycles. The van der Waals surface area contributed by atoms with Crippen molar-refractivity contribution in [2.75, 3.05) is 27.4 Å². The van der Waals surface area contributed by atoms with Gasteiger partial charge < -0.3 is 19.5 Å². The molecule has 1 amide bonds. The molecule has 1 N–H and O–H groups in total. The van der Waals surface area contributed by atoms with Gasteiger partial charge in [0, 0.05) is 17.7 Å². The third kappa shape index (κ3) is 3.37. The summed E-state index contributed by atoms with van der Waals surface area (Å²) < 4.78 is 15.6. The number of halogens is 1. The molecule has 1 fully saturated rings. The van der Waals surface area contributed by atoms with Gasteiger partial charge in [0.15, 0.2) is 0 Å². The predicted molar refractivity (Wildman–Crippen MR) is 70.9 cm³/mol. The van der Waals surface area contributed by atoms with E-state index >= 15 is 0 Å². The zero-order chi connectivity index (χ0) is 13.8. The molecule has 0 aliphatic carbocycles. The van der Waals surface area contributed by atoms with E-state index in [9.17, 15) is 4.79 Å². The molecule has 2 atom stereocenters. The Labute approximate surface area is 116 Å². The molecule has 104 valence electrons. The predicted octanol–water partition coefficient (Wildman–Crippen LogP) is 1.49. The molecule has 1 aromatic carbocycles. The molecular weight excluding hydrogens is 270 g/mol. The normalized spacial score (nSPS) is 22.3. The molecular formula is C13H16ClNO4. The van der Waals surface area contributed by atoms with Crippen LogP contribution < -0.4 is 10.1 Å². The van der Waals surface area contributed by atoms with Crippen LogP contribution in [0, 0.1) is 0 Å². The number of hydrogen-bond donors (Lipinski definition) is 1. The fourth-order valence-electron chi connectivity index (χ4n) is 1.96. The molecule has 0 saturated carbocycles. The summed E-state index contributed by atoms with van der Waals surface area (Å²) in [4.78, 5) is 12.1. The van der Waals surface area contributed by atoms with Crippen LogP contribution in [0.2, 0.25) is 5.02 Å². The van der Waals surface area contributed by atoms with E-state index in [2.05, 4.69) is 5.32 Å². The minimum absolute atomic E-state index is 0.120.